The van der Waals surface area contributed by atoms with E-state index in [1.54, 1.807) is 18.2 Å². The van der Waals surface area contributed by atoms with Crippen LogP contribution in [0.4, 0.5) is 11.4 Å². The Hall–Kier alpha value is -1.27. The molecule has 1 amide bonds. The number of nitrogens with one attached hydrogen (secondary N) is 1. The Morgan fingerprint density at radius 2 is 2.19 bits per heavy atom. The van der Waals surface area contributed by atoms with Crippen molar-refractivity contribution in [1.29, 1.82) is 0 Å². The molecule has 116 valence electrons. The van der Waals surface area contributed by atoms with Crippen LogP contribution in [0.2, 0.25) is 5.02 Å². The predicted molar refractivity (Wildman–Crippen MR) is 85.4 cm³/mol. The number of rotatable bonds is 5. The number of hydrogen-bond acceptors (Lipinski definition) is 3. The van der Waals surface area contributed by atoms with E-state index in [1.807, 2.05) is 6.92 Å². The van der Waals surface area contributed by atoms with Crippen molar-refractivity contribution in [1.82, 2.24) is 0 Å². The number of hydrogen-bond donors (Lipinski definition) is 1. The first-order valence-electron chi connectivity index (χ1n) is 7.04. The number of anilines is 2. The van der Waals surface area contributed by atoms with E-state index in [4.69, 9.17) is 11.6 Å². The van der Waals surface area contributed by atoms with Gasteiger partial charge in [-0.1, -0.05) is 24.9 Å². The lowest BCUT2D eigenvalue weighted by molar-refractivity contribution is -0.116. The van der Waals surface area contributed by atoms with Crippen LogP contribution < -0.4 is 9.62 Å². The van der Waals surface area contributed by atoms with Crippen molar-refractivity contribution in [2.24, 2.45) is 0 Å². The Morgan fingerprint density at radius 1 is 1.43 bits per heavy atom. The first kappa shape index (κ1) is 16.1. The van der Waals surface area contributed by atoms with Crippen LogP contribution in [0.25, 0.3) is 0 Å². The molecule has 0 radical (unpaired) electrons. The zero-order valence-electron chi connectivity index (χ0n) is 11.9. The molecule has 1 aromatic rings. The number of carbonyl (C=O) groups excluding carboxylic acids is 1. The standard InChI is InChI=1S/C14H19ClN2O3S/c1-2-3-5-14(18)16-13-10-11(6-7-12(13)15)17-8-4-9-21(17,19)20/h6-7,10H,2-5,8-9H2,1H3,(H,16,18). The molecule has 0 aromatic heterocycles. The van der Waals surface area contributed by atoms with Crippen LogP contribution in [-0.4, -0.2) is 26.6 Å². The molecule has 0 unspecified atom stereocenters. The van der Waals surface area contributed by atoms with Gasteiger partial charge < -0.3 is 5.32 Å². The van der Waals surface area contributed by atoms with E-state index >= 15 is 0 Å². The highest BCUT2D eigenvalue weighted by Gasteiger charge is 2.28. The molecule has 0 atom stereocenters. The van der Waals surface area contributed by atoms with E-state index in [0.29, 0.717) is 35.8 Å². The Balaban J connectivity index is 2.19. The lowest BCUT2D eigenvalue weighted by Gasteiger charge is -2.18. The average molecular weight is 331 g/mol. The molecule has 0 bridgehead atoms. The molecule has 0 spiro atoms. The number of unbranched alkanes of at least 4 members (excludes halogenated alkanes) is 1. The summed E-state index contributed by atoms with van der Waals surface area (Å²) in [5, 5.41) is 3.15. The SMILES string of the molecule is CCCCC(=O)Nc1cc(N2CCCS2(=O)=O)ccc1Cl. The van der Waals surface area contributed by atoms with Gasteiger partial charge in [-0.25, -0.2) is 8.42 Å². The summed E-state index contributed by atoms with van der Waals surface area (Å²) in [6.07, 6.45) is 2.79. The van der Waals surface area contributed by atoms with Gasteiger partial charge in [0.05, 0.1) is 22.2 Å². The van der Waals surface area contributed by atoms with Crippen LogP contribution >= 0.6 is 11.6 Å². The Morgan fingerprint density at radius 3 is 2.81 bits per heavy atom. The Kier molecular flexibility index (Phi) is 5.11. The van der Waals surface area contributed by atoms with Crippen molar-refractivity contribution in [2.75, 3.05) is 21.9 Å². The fourth-order valence-electron chi connectivity index (χ4n) is 2.24. The highest BCUT2D eigenvalue weighted by atomic mass is 35.5. The monoisotopic (exact) mass is 330 g/mol. The Labute approximate surface area is 130 Å². The van der Waals surface area contributed by atoms with E-state index in [0.717, 1.165) is 12.8 Å². The fourth-order valence-corrected chi connectivity index (χ4v) is 3.96. The van der Waals surface area contributed by atoms with E-state index in [-0.39, 0.29) is 11.7 Å². The smallest absolute Gasteiger partial charge is 0.235 e. The van der Waals surface area contributed by atoms with Gasteiger partial charge in [-0.3, -0.25) is 9.10 Å². The molecule has 21 heavy (non-hydrogen) atoms. The number of halogens is 1. The summed E-state index contributed by atoms with van der Waals surface area (Å²) in [7, 11) is -3.23. The van der Waals surface area contributed by atoms with Crippen LogP contribution in [0.3, 0.4) is 0 Å². The van der Waals surface area contributed by atoms with Gasteiger partial charge in [-0.15, -0.1) is 0 Å². The zero-order chi connectivity index (χ0) is 15.5. The van der Waals surface area contributed by atoms with Gasteiger partial charge in [-0.2, -0.15) is 0 Å². The van der Waals surface area contributed by atoms with Crippen molar-refractivity contribution in [3.05, 3.63) is 23.2 Å². The third-order valence-corrected chi connectivity index (χ3v) is 5.57. The van der Waals surface area contributed by atoms with Crippen LogP contribution in [0.1, 0.15) is 32.6 Å². The second-order valence-electron chi connectivity index (χ2n) is 5.06. The molecule has 5 nitrogen and oxygen atoms in total. The summed E-state index contributed by atoms with van der Waals surface area (Å²) in [4.78, 5) is 11.8. The summed E-state index contributed by atoms with van der Waals surface area (Å²) < 4.78 is 25.2. The molecule has 1 heterocycles. The van der Waals surface area contributed by atoms with Crippen molar-refractivity contribution < 1.29 is 13.2 Å². The zero-order valence-corrected chi connectivity index (χ0v) is 13.5. The van der Waals surface area contributed by atoms with Crippen molar-refractivity contribution in [2.45, 2.75) is 32.6 Å². The summed E-state index contributed by atoms with van der Waals surface area (Å²) in [6.45, 7) is 2.48. The molecule has 1 N–H and O–H groups in total. The molecule has 7 heteroatoms. The fraction of sp³-hybridized carbons (Fsp3) is 0.500. The average Bonchev–Trinajstić information content (AvgIpc) is 2.78. The van der Waals surface area contributed by atoms with Crippen molar-refractivity contribution in [3.63, 3.8) is 0 Å². The molecule has 1 aromatic carbocycles. The largest absolute Gasteiger partial charge is 0.325 e. The normalized spacial score (nSPS) is 17.0. The van der Waals surface area contributed by atoms with Gasteiger partial charge in [0.2, 0.25) is 15.9 Å². The van der Waals surface area contributed by atoms with Gasteiger partial charge in [0, 0.05) is 13.0 Å². The molecular formula is C14H19ClN2O3S. The molecule has 1 aliphatic heterocycles. The van der Waals surface area contributed by atoms with Crippen LogP contribution in [0.15, 0.2) is 18.2 Å². The lowest BCUT2D eigenvalue weighted by atomic mass is 10.2. The van der Waals surface area contributed by atoms with Crippen molar-refractivity contribution >= 4 is 38.9 Å². The highest BCUT2D eigenvalue weighted by Crippen LogP contribution is 2.31. The number of amides is 1. The molecule has 1 aliphatic rings. The highest BCUT2D eigenvalue weighted by molar-refractivity contribution is 7.93. The van der Waals surface area contributed by atoms with Gasteiger partial charge in [0.1, 0.15) is 0 Å². The second kappa shape index (κ2) is 6.66. The van der Waals surface area contributed by atoms with Gasteiger partial charge in [0.25, 0.3) is 0 Å². The van der Waals surface area contributed by atoms with Gasteiger partial charge in [0.15, 0.2) is 0 Å². The quantitative estimate of drug-likeness (QED) is 0.902. The van der Waals surface area contributed by atoms with E-state index in [1.165, 1.54) is 4.31 Å². The maximum Gasteiger partial charge on any atom is 0.235 e. The summed E-state index contributed by atoms with van der Waals surface area (Å²) in [5.41, 5.74) is 1.00. The maximum absolute atomic E-state index is 11.9. The molecular weight excluding hydrogens is 312 g/mol. The predicted octanol–water partition coefficient (Wildman–Crippen LogP) is 3.01. The minimum Gasteiger partial charge on any atom is -0.325 e. The summed E-state index contributed by atoms with van der Waals surface area (Å²) >= 11 is 6.07. The van der Waals surface area contributed by atoms with Gasteiger partial charge in [-0.05, 0) is 31.0 Å². The number of carbonyl (C=O) groups is 1. The topological polar surface area (TPSA) is 66.5 Å². The molecule has 1 saturated heterocycles. The first-order valence-corrected chi connectivity index (χ1v) is 9.02. The molecule has 0 saturated carbocycles. The van der Waals surface area contributed by atoms with E-state index in [2.05, 4.69) is 5.32 Å². The minimum atomic E-state index is -3.23. The van der Waals surface area contributed by atoms with Crippen LogP contribution in [-0.2, 0) is 14.8 Å². The molecule has 1 fully saturated rings. The molecule has 0 aliphatic carbocycles. The van der Waals surface area contributed by atoms with Crippen LogP contribution in [0, 0.1) is 0 Å². The third-order valence-electron chi connectivity index (χ3n) is 3.37. The maximum atomic E-state index is 11.9. The number of nitrogens with zero attached hydrogens (tertiary/aromatic N) is 1. The van der Waals surface area contributed by atoms with Gasteiger partial charge >= 0.3 is 0 Å². The van der Waals surface area contributed by atoms with Crippen LogP contribution in [0.5, 0.6) is 0 Å². The number of sulfonamides is 1. The van der Waals surface area contributed by atoms with E-state index < -0.39 is 10.0 Å². The van der Waals surface area contributed by atoms with Crippen molar-refractivity contribution in [3.8, 4) is 0 Å². The minimum absolute atomic E-state index is 0.111. The lowest BCUT2D eigenvalue weighted by Crippen LogP contribution is -2.25. The second-order valence-corrected chi connectivity index (χ2v) is 7.48. The third kappa shape index (κ3) is 3.89. The summed E-state index contributed by atoms with van der Waals surface area (Å²) in [6, 6.07) is 4.89. The summed E-state index contributed by atoms with van der Waals surface area (Å²) in [5.74, 6) is 0.0496. The Bertz CT molecular complexity index is 631. The van der Waals surface area contributed by atoms with E-state index in [9.17, 15) is 13.2 Å². The molecule has 2 rings (SSSR count). The number of benzene rings is 1. The first-order chi connectivity index (χ1) is 9.94.